The van der Waals surface area contributed by atoms with Crippen LogP contribution in [0.4, 0.5) is 0 Å². The van der Waals surface area contributed by atoms with Gasteiger partial charge in [-0.15, -0.1) is 0 Å². The summed E-state index contributed by atoms with van der Waals surface area (Å²) in [5, 5.41) is 10.5. The molecule has 0 radical (unpaired) electrons. The van der Waals surface area contributed by atoms with Crippen LogP contribution in [0.25, 0.3) is 5.65 Å². The number of aromatic nitrogens is 2. The van der Waals surface area contributed by atoms with Gasteiger partial charge in [-0.25, -0.2) is 0 Å². The van der Waals surface area contributed by atoms with Crippen LogP contribution in [0.1, 0.15) is 30.4 Å². The average molecular weight is 394 g/mol. The van der Waals surface area contributed by atoms with E-state index in [1.165, 1.54) is 11.5 Å². The summed E-state index contributed by atoms with van der Waals surface area (Å²) in [6.45, 7) is 6.05. The molecule has 0 spiro atoms. The summed E-state index contributed by atoms with van der Waals surface area (Å²) in [7, 11) is 1.28. The number of nitrogens with zero attached hydrogens (tertiary/aromatic N) is 2. The lowest BCUT2D eigenvalue weighted by Gasteiger charge is -2.18. The van der Waals surface area contributed by atoms with Crippen LogP contribution in [0.3, 0.4) is 0 Å². The van der Waals surface area contributed by atoms with Crippen molar-refractivity contribution in [3.05, 3.63) is 82.3 Å². The number of fused-ring (bicyclic) bond motifs is 1. The topological polar surface area (TPSA) is 90.1 Å². The van der Waals surface area contributed by atoms with E-state index in [0.717, 1.165) is 5.57 Å². The number of hydrogen-bond acceptors (Lipinski definition) is 6. The number of hydrogen-bond donors (Lipinski definition) is 1. The minimum atomic E-state index is -0.727. The summed E-state index contributed by atoms with van der Waals surface area (Å²) in [4.78, 5) is 29.2. The smallest absolute Gasteiger partial charge is 0.306 e. The lowest BCUT2D eigenvalue weighted by atomic mass is 9.89. The fourth-order valence-corrected chi connectivity index (χ4v) is 3.04. The maximum atomic E-state index is 13.1. The van der Waals surface area contributed by atoms with Crippen molar-refractivity contribution in [2.75, 3.05) is 13.7 Å². The summed E-state index contributed by atoms with van der Waals surface area (Å²) in [5.74, 6) is -1.01. The van der Waals surface area contributed by atoms with E-state index in [0.29, 0.717) is 23.6 Å². The quantitative estimate of drug-likeness (QED) is 0.489. The molecule has 2 heterocycles. The summed E-state index contributed by atoms with van der Waals surface area (Å²) in [6.07, 6.45) is 1.45. The van der Waals surface area contributed by atoms with Gasteiger partial charge in [-0.3, -0.25) is 14.0 Å². The number of carbonyl (C=O) groups excluding carboxylic acids is 1. The van der Waals surface area contributed by atoms with Crippen molar-refractivity contribution in [1.29, 1.82) is 0 Å². The molecule has 0 saturated carbocycles. The Morgan fingerprint density at radius 3 is 2.62 bits per heavy atom. The zero-order valence-corrected chi connectivity index (χ0v) is 16.3. The molecule has 1 N–H and O–H groups in total. The molecule has 1 atom stereocenters. The van der Waals surface area contributed by atoms with Crippen molar-refractivity contribution in [2.24, 2.45) is 0 Å². The number of benzene rings is 1. The van der Waals surface area contributed by atoms with Gasteiger partial charge in [0.15, 0.2) is 0 Å². The monoisotopic (exact) mass is 394 g/mol. The lowest BCUT2D eigenvalue weighted by Crippen LogP contribution is -2.24. The van der Waals surface area contributed by atoms with Gasteiger partial charge in [-0.1, -0.05) is 24.8 Å². The van der Waals surface area contributed by atoms with E-state index >= 15 is 0 Å². The number of ether oxygens (including phenoxy) is 2. The average Bonchev–Trinajstić information content (AvgIpc) is 2.71. The lowest BCUT2D eigenvalue weighted by molar-refractivity contribution is -0.140. The number of aromatic hydroxyl groups is 1. The molecule has 7 heteroatoms. The van der Waals surface area contributed by atoms with E-state index in [4.69, 9.17) is 9.47 Å². The minimum absolute atomic E-state index is 0.0368. The summed E-state index contributed by atoms with van der Waals surface area (Å²) >= 11 is 0. The molecule has 0 fully saturated rings. The van der Waals surface area contributed by atoms with Crippen LogP contribution in [-0.2, 0) is 9.53 Å². The van der Waals surface area contributed by atoms with Crippen molar-refractivity contribution >= 4 is 11.6 Å². The molecule has 29 heavy (non-hydrogen) atoms. The molecule has 0 amide bonds. The van der Waals surface area contributed by atoms with Crippen molar-refractivity contribution in [2.45, 2.75) is 19.3 Å². The maximum Gasteiger partial charge on any atom is 0.306 e. The molecule has 0 bridgehead atoms. The molecular weight excluding hydrogens is 372 g/mol. The first kappa shape index (κ1) is 20.1. The Bertz CT molecular complexity index is 1100. The molecule has 0 saturated heterocycles. The predicted octanol–water partition coefficient (Wildman–Crippen LogP) is 3.05. The fraction of sp³-hybridized carbons (Fsp3) is 0.227. The van der Waals surface area contributed by atoms with E-state index in [2.05, 4.69) is 11.6 Å². The fourth-order valence-electron chi connectivity index (χ4n) is 3.04. The molecule has 1 aromatic carbocycles. The van der Waals surface area contributed by atoms with Crippen LogP contribution in [-0.4, -0.2) is 34.2 Å². The molecule has 2 aromatic heterocycles. The zero-order valence-electron chi connectivity index (χ0n) is 16.3. The second-order valence-corrected chi connectivity index (χ2v) is 6.73. The van der Waals surface area contributed by atoms with Gasteiger partial charge in [0.05, 0.1) is 19.1 Å². The third-order valence-corrected chi connectivity index (χ3v) is 4.46. The van der Waals surface area contributed by atoms with Crippen LogP contribution in [0.2, 0.25) is 0 Å². The van der Waals surface area contributed by atoms with E-state index in [1.54, 1.807) is 48.7 Å². The Balaban J connectivity index is 2.07. The van der Waals surface area contributed by atoms with Crippen molar-refractivity contribution in [1.82, 2.24) is 9.38 Å². The third-order valence-electron chi connectivity index (χ3n) is 4.46. The second kappa shape index (κ2) is 8.60. The number of carbonyl (C=O) groups is 1. The molecule has 0 aliphatic rings. The van der Waals surface area contributed by atoms with Gasteiger partial charge < -0.3 is 14.6 Å². The number of esters is 1. The van der Waals surface area contributed by atoms with E-state index in [9.17, 15) is 14.7 Å². The Kier molecular flexibility index (Phi) is 5.97. The molecular formula is C22H22N2O5. The van der Waals surface area contributed by atoms with Crippen LogP contribution in [0.15, 0.2) is 65.6 Å². The second-order valence-electron chi connectivity index (χ2n) is 6.73. The normalized spacial score (nSPS) is 11.8. The SMILES string of the molecule is C=C(C)COc1ccc(C(CC(=O)OC)c2c(O)nc3ccccn3c2=O)cc1. The van der Waals surface area contributed by atoms with Crippen LogP contribution in [0.5, 0.6) is 11.6 Å². The highest BCUT2D eigenvalue weighted by molar-refractivity contribution is 5.71. The van der Waals surface area contributed by atoms with Gasteiger partial charge in [-0.2, -0.15) is 4.98 Å². The third kappa shape index (κ3) is 4.45. The van der Waals surface area contributed by atoms with Gasteiger partial charge in [0.25, 0.3) is 5.56 Å². The van der Waals surface area contributed by atoms with Gasteiger partial charge in [0.1, 0.15) is 18.0 Å². The molecule has 3 rings (SSSR count). The highest BCUT2D eigenvalue weighted by Gasteiger charge is 2.26. The van der Waals surface area contributed by atoms with Crippen molar-refractivity contribution in [3.8, 4) is 11.6 Å². The van der Waals surface area contributed by atoms with Gasteiger partial charge in [-0.05, 0) is 42.3 Å². The molecule has 7 nitrogen and oxygen atoms in total. The maximum absolute atomic E-state index is 13.1. The highest BCUT2D eigenvalue weighted by atomic mass is 16.5. The van der Waals surface area contributed by atoms with Crippen molar-refractivity contribution < 1.29 is 19.4 Å². The first-order valence-electron chi connectivity index (χ1n) is 9.05. The van der Waals surface area contributed by atoms with E-state index in [-0.39, 0.29) is 12.0 Å². The summed E-state index contributed by atoms with van der Waals surface area (Å²) < 4.78 is 11.7. The van der Waals surface area contributed by atoms with Gasteiger partial charge >= 0.3 is 5.97 Å². The zero-order chi connectivity index (χ0) is 21.0. The molecule has 0 aliphatic heterocycles. The molecule has 1 unspecified atom stereocenters. The number of rotatable bonds is 7. The first-order valence-corrected chi connectivity index (χ1v) is 9.05. The molecule has 3 aromatic rings. The van der Waals surface area contributed by atoms with Crippen LogP contribution < -0.4 is 10.3 Å². The summed E-state index contributed by atoms with van der Waals surface area (Å²) in [6, 6.07) is 12.0. The Morgan fingerprint density at radius 2 is 1.97 bits per heavy atom. The summed E-state index contributed by atoms with van der Waals surface area (Å²) in [5.41, 5.74) is 1.46. The highest BCUT2D eigenvalue weighted by Crippen LogP contribution is 2.32. The van der Waals surface area contributed by atoms with Crippen LogP contribution >= 0.6 is 0 Å². The Morgan fingerprint density at radius 1 is 1.24 bits per heavy atom. The number of methoxy groups -OCH3 is 1. The Labute approximate surface area is 167 Å². The standard InChI is InChI=1S/C22H22N2O5/c1-14(2)13-29-16-9-7-15(8-10-16)17(12-19(25)28-3)20-21(26)23-18-6-4-5-11-24(18)22(20)27/h4-11,17,26H,1,12-13H2,2-3H3. The Hall–Kier alpha value is -3.61. The minimum Gasteiger partial charge on any atom is -0.493 e. The molecule has 0 aliphatic carbocycles. The first-order chi connectivity index (χ1) is 13.9. The largest absolute Gasteiger partial charge is 0.493 e. The van der Waals surface area contributed by atoms with Crippen molar-refractivity contribution in [3.63, 3.8) is 0 Å². The number of pyridine rings is 1. The van der Waals surface area contributed by atoms with E-state index in [1.807, 2.05) is 6.92 Å². The predicted molar refractivity (Wildman–Crippen MR) is 108 cm³/mol. The van der Waals surface area contributed by atoms with Crippen LogP contribution in [0, 0.1) is 0 Å². The molecule has 150 valence electrons. The van der Waals surface area contributed by atoms with Gasteiger partial charge in [0.2, 0.25) is 5.88 Å². The van der Waals surface area contributed by atoms with Gasteiger partial charge in [0, 0.05) is 12.1 Å². The van der Waals surface area contributed by atoms with E-state index < -0.39 is 23.3 Å².